The molecular weight excluding hydrogens is 208 g/mol. The second-order valence-electron chi connectivity index (χ2n) is 4.00. The second kappa shape index (κ2) is 4.77. The molecule has 1 atom stereocenters. The van der Waals surface area contributed by atoms with Crippen LogP contribution in [-0.4, -0.2) is 36.5 Å². The highest BCUT2D eigenvalue weighted by atomic mass is 32.1. The Bertz CT molecular complexity index is 323. The standard InChI is InChI=1S/C11H16N2OS/c1-9-7-13(4-3-12-9)11(14)6-10-2-5-15-8-10/h2,5,8-9,12H,3-4,6-7H2,1H3. The molecule has 1 amide bonds. The summed E-state index contributed by atoms with van der Waals surface area (Å²) in [6.07, 6.45) is 0.552. The zero-order chi connectivity index (χ0) is 10.7. The van der Waals surface area contributed by atoms with Gasteiger partial charge in [-0.15, -0.1) is 0 Å². The van der Waals surface area contributed by atoms with E-state index in [0.29, 0.717) is 12.5 Å². The first-order chi connectivity index (χ1) is 7.25. The van der Waals surface area contributed by atoms with Crippen molar-refractivity contribution in [1.82, 2.24) is 10.2 Å². The van der Waals surface area contributed by atoms with Crippen molar-refractivity contribution in [3.05, 3.63) is 22.4 Å². The monoisotopic (exact) mass is 224 g/mol. The van der Waals surface area contributed by atoms with E-state index in [-0.39, 0.29) is 5.91 Å². The number of hydrogen-bond acceptors (Lipinski definition) is 3. The molecule has 0 aliphatic carbocycles. The topological polar surface area (TPSA) is 32.3 Å². The number of carbonyl (C=O) groups excluding carboxylic acids is 1. The summed E-state index contributed by atoms with van der Waals surface area (Å²) >= 11 is 1.65. The highest BCUT2D eigenvalue weighted by Gasteiger charge is 2.20. The molecule has 0 aromatic carbocycles. The lowest BCUT2D eigenvalue weighted by molar-refractivity contribution is -0.131. The van der Waals surface area contributed by atoms with E-state index in [1.165, 1.54) is 0 Å². The van der Waals surface area contributed by atoms with Gasteiger partial charge in [-0.2, -0.15) is 11.3 Å². The van der Waals surface area contributed by atoms with Crippen molar-refractivity contribution in [2.24, 2.45) is 0 Å². The molecule has 82 valence electrons. The van der Waals surface area contributed by atoms with E-state index in [9.17, 15) is 4.79 Å². The van der Waals surface area contributed by atoms with E-state index >= 15 is 0 Å². The van der Waals surface area contributed by atoms with E-state index in [1.54, 1.807) is 11.3 Å². The van der Waals surface area contributed by atoms with E-state index in [2.05, 4.69) is 12.2 Å². The first-order valence-corrected chi connectivity index (χ1v) is 6.22. The zero-order valence-electron chi connectivity index (χ0n) is 8.90. The predicted molar refractivity (Wildman–Crippen MR) is 62.1 cm³/mol. The van der Waals surface area contributed by atoms with Crippen LogP contribution in [0.4, 0.5) is 0 Å². The van der Waals surface area contributed by atoms with Gasteiger partial charge in [-0.3, -0.25) is 4.79 Å². The van der Waals surface area contributed by atoms with Gasteiger partial charge in [0.2, 0.25) is 5.91 Å². The zero-order valence-corrected chi connectivity index (χ0v) is 9.72. The third-order valence-corrected chi connectivity index (χ3v) is 3.39. The number of piperazine rings is 1. The van der Waals surface area contributed by atoms with Crippen LogP contribution < -0.4 is 5.32 Å². The Kier molecular flexibility index (Phi) is 3.38. The summed E-state index contributed by atoms with van der Waals surface area (Å²) < 4.78 is 0. The molecule has 0 saturated carbocycles. The normalized spacial score (nSPS) is 21.7. The fraction of sp³-hybridized carbons (Fsp3) is 0.545. The summed E-state index contributed by atoms with van der Waals surface area (Å²) in [5, 5.41) is 7.40. The van der Waals surface area contributed by atoms with Crippen LogP contribution in [0, 0.1) is 0 Å². The van der Waals surface area contributed by atoms with Gasteiger partial charge in [-0.05, 0) is 29.3 Å². The van der Waals surface area contributed by atoms with Crippen molar-refractivity contribution in [1.29, 1.82) is 0 Å². The molecular formula is C11H16N2OS. The van der Waals surface area contributed by atoms with Gasteiger partial charge in [0.25, 0.3) is 0 Å². The first-order valence-electron chi connectivity index (χ1n) is 5.28. The fourth-order valence-corrected chi connectivity index (χ4v) is 2.51. The molecule has 0 bridgehead atoms. The fourth-order valence-electron chi connectivity index (χ4n) is 1.84. The molecule has 2 rings (SSSR count). The Morgan fingerprint density at radius 3 is 3.27 bits per heavy atom. The Morgan fingerprint density at radius 1 is 1.73 bits per heavy atom. The van der Waals surface area contributed by atoms with Gasteiger partial charge in [0.05, 0.1) is 6.42 Å². The summed E-state index contributed by atoms with van der Waals surface area (Å²) in [5.74, 6) is 0.252. The molecule has 1 aliphatic rings. The van der Waals surface area contributed by atoms with E-state index in [1.807, 2.05) is 21.7 Å². The van der Waals surface area contributed by atoms with Crippen molar-refractivity contribution in [2.75, 3.05) is 19.6 Å². The Balaban J connectivity index is 1.90. The lowest BCUT2D eigenvalue weighted by Gasteiger charge is -2.31. The molecule has 2 heterocycles. The maximum absolute atomic E-state index is 11.9. The summed E-state index contributed by atoms with van der Waals surface area (Å²) in [5.41, 5.74) is 1.14. The van der Waals surface area contributed by atoms with Crippen molar-refractivity contribution in [3.63, 3.8) is 0 Å². The van der Waals surface area contributed by atoms with Gasteiger partial charge in [0.1, 0.15) is 0 Å². The molecule has 1 aromatic rings. The van der Waals surface area contributed by atoms with E-state index in [4.69, 9.17) is 0 Å². The molecule has 1 aromatic heterocycles. The van der Waals surface area contributed by atoms with Gasteiger partial charge in [-0.1, -0.05) is 0 Å². The van der Waals surface area contributed by atoms with Gasteiger partial charge in [0, 0.05) is 25.7 Å². The predicted octanol–water partition coefficient (Wildman–Crippen LogP) is 1.11. The summed E-state index contributed by atoms with van der Waals surface area (Å²) in [6.45, 7) is 4.71. The Hall–Kier alpha value is -0.870. The quantitative estimate of drug-likeness (QED) is 0.816. The Labute approximate surface area is 94.1 Å². The molecule has 1 aliphatic heterocycles. The highest BCUT2D eigenvalue weighted by molar-refractivity contribution is 7.07. The number of nitrogens with zero attached hydrogens (tertiary/aromatic N) is 1. The minimum absolute atomic E-state index is 0.252. The van der Waals surface area contributed by atoms with Crippen molar-refractivity contribution in [2.45, 2.75) is 19.4 Å². The maximum atomic E-state index is 11.9. The maximum Gasteiger partial charge on any atom is 0.227 e. The second-order valence-corrected chi connectivity index (χ2v) is 4.78. The molecule has 1 saturated heterocycles. The van der Waals surface area contributed by atoms with Crippen molar-refractivity contribution >= 4 is 17.2 Å². The molecule has 3 nitrogen and oxygen atoms in total. The molecule has 15 heavy (non-hydrogen) atoms. The minimum atomic E-state index is 0.252. The van der Waals surface area contributed by atoms with Gasteiger partial charge in [0.15, 0.2) is 0 Å². The minimum Gasteiger partial charge on any atom is -0.340 e. The van der Waals surface area contributed by atoms with Crippen LogP contribution in [0.15, 0.2) is 16.8 Å². The number of amides is 1. The summed E-state index contributed by atoms with van der Waals surface area (Å²) in [6, 6.07) is 2.44. The molecule has 1 unspecified atom stereocenters. The van der Waals surface area contributed by atoms with Crippen LogP contribution in [0.2, 0.25) is 0 Å². The van der Waals surface area contributed by atoms with Gasteiger partial charge < -0.3 is 10.2 Å². The van der Waals surface area contributed by atoms with E-state index < -0.39 is 0 Å². The molecule has 1 N–H and O–H groups in total. The van der Waals surface area contributed by atoms with Crippen LogP contribution in [0.3, 0.4) is 0 Å². The lowest BCUT2D eigenvalue weighted by atomic mass is 10.2. The Morgan fingerprint density at radius 2 is 2.60 bits per heavy atom. The number of hydrogen-bond donors (Lipinski definition) is 1. The van der Waals surface area contributed by atoms with Crippen LogP contribution >= 0.6 is 11.3 Å². The van der Waals surface area contributed by atoms with Crippen molar-refractivity contribution in [3.8, 4) is 0 Å². The largest absolute Gasteiger partial charge is 0.340 e. The van der Waals surface area contributed by atoms with Crippen LogP contribution in [0.1, 0.15) is 12.5 Å². The van der Waals surface area contributed by atoms with Crippen molar-refractivity contribution < 1.29 is 4.79 Å². The van der Waals surface area contributed by atoms with Crippen LogP contribution in [0.5, 0.6) is 0 Å². The van der Waals surface area contributed by atoms with Gasteiger partial charge in [-0.25, -0.2) is 0 Å². The number of nitrogens with one attached hydrogen (secondary N) is 1. The van der Waals surface area contributed by atoms with Crippen LogP contribution in [-0.2, 0) is 11.2 Å². The highest BCUT2D eigenvalue weighted by Crippen LogP contribution is 2.09. The third kappa shape index (κ3) is 2.79. The third-order valence-electron chi connectivity index (χ3n) is 2.66. The number of thiophene rings is 1. The smallest absolute Gasteiger partial charge is 0.227 e. The molecule has 4 heteroatoms. The summed E-state index contributed by atoms with van der Waals surface area (Å²) in [4.78, 5) is 13.9. The average molecular weight is 224 g/mol. The molecule has 0 radical (unpaired) electrons. The van der Waals surface area contributed by atoms with Gasteiger partial charge >= 0.3 is 0 Å². The number of carbonyl (C=O) groups is 1. The number of rotatable bonds is 2. The molecule has 1 fully saturated rings. The van der Waals surface area contributed by atoms with Crippen LogP contribution in [0.25, 0.3) is 0 Å². The SMILES string of the molecule is CC1CN(C(=O)Cc2ccsc2)CCN1. The lowest BCUT2D eigenvalue weighted by Crippen LogP contribution is -2.51. The summed E-state index contributed by atoms with van der Waals surface area (Å²) in [7, 11) is 0. The molecule has 0 spiro atoms. The first kappa shape index (κ1) is 10.6. The average Bonchev–Trinajstić information content (AvgIpc) is 2.70. The van der Waals surface area contributed by atoms with E-state index in [0.717, 1.165) is 25.2 Å².